The maximum absolute atomic E-state index is 4.32. The van der Waals surface area contributed by atoms with Gasteiger partial charge in [0.05, 0.1) is 23.8 Å². The van der Waals surface area contributed by atoms with Gasteiger partial charge in [-0.25, -0.2) is 0 Å². The molecule has 1 N–H and O–H groups in total. The second-order valence-electron chi connectivity index (χ2n) is 5.38. The van der Waals surface area contributed by atoms with Gasteiger partial charge in [0.2, 0.25) is 0 Å². The topological polar surface area (TPSA) is 31.4 Å². The number of anilines is 2. The van der Waals surface area contributed by atoms with E-state index < -0.39 is 0 Å². The molecule has 4 nitrogen and oxygen atoms in total. The van der Waals surface area contributed by atoms with Gasteiger partial charge in [0.25, 0.3) is 0 Å². The van der Waals surface area contributed by atoms with Gasteiger partial charge in [-0.05, 0) is 33.0 Å². The van der Waals surface area contributed by atoms with E-state index in [4.69, 9.17) is 0 Å². The second-order valence-corrected chi connectivity index (χ2v) is 5.38. The van der Waals surface area contributed by atoms with Crippen LogP contribution in [0.2, 0.25) is 0 Å². The number of hydrogen-bond acceptors (Lipinski definition) is 4. The highest BCUT2D eigenvalue weighted by Crippen LogP contribution is 2.26. The van der Waals surface area contributed by atoms with Crippen molar-refractivity contribution < 1.29 is 0 Å². The molecule has 1 aliphatic rings. The van der Waals surface area contributed by atoms with Crippen LogP contribution in [-0.4, -0.2) is 49.7 Å². The standard InChI is InChI=1S/C14H24N4/c1-5-16-12-6-13(8-15-7-12)18-9-11(2)14(10-18)17(3)4/h6-8,11,14,16H,5,9-10H2,1-4H3. The fourth-order valence-electron chi connectivity index (χ4n) is 2.73. The van der Waals surface area contributed by atoms with Crippen molar-refractivity contribution in [3.8, 4) is 0 Å². The van der Waals surface area contributed by atoms with E-state index in [1.807, 2.05) is 12.4 Å². The average Bonchev–Trinajstić information content (AvgIpc) is 2.72. The first-order valence-corrected chi connectivity index (χ1v) is 6.72. The third kappa shape index (κ3) is 2.75. The molecule has 0 radical (unpaired) electrons. The van der Waals surface area contributed by atoms with Crippen LogP contribution in [0.3, 0.4) is 0 Å². The van der Waals surface area contributed by atoms with Crippen molar-refractivity contribution in [3.05, 3.63) is 18.5 Å². The molecule has 100 valence electrons. The van der Waals surface area contributed by atoms with E-state index >= 15 is 0 Å². The summed E-state index contributed by atoms with van der Waals surface area (Å²) in [4.78, 5) is 9.08. The molecular weight excluding hydrogens is 224 g/mol. The predicted molar refractivity (Wildman–Crippen MR) is 77.3 cm³/mol. The Hall–Kier alpha value is -1.29. The van der Waals surface area contributed by atoms with Crippen molar-refractivity contribution in [1.29, 1.82) is 0 Å². The molecule has 2 unspecified atom stereocenters. The molecule has 4 heteroatoms. The van der Waals surface area contributed by atoms with Crippen LogP contribution in [0.1, 0.15) is 13.8 Å². The molecule has 0 aliphatic carbocycles. The largest absolute Gasteiger partial charge is 0.384 e. The van der Waals surface area contributed by atoms with Gasteiger partial charge >= 0.3 is 0 Å². The average molecular weight is 248 g/mol. The normalized spacial score (nSPS) is 23.7. The molecule has 0 saturated carbocycles. The number of pyridine rings is 1. The molecule has 0 aromatic carbocycles. The maximum Gasteiger partial charge on any atom is 0.0574 e. The lowest BCUT2D eigenvalue weighted by Gasteiger charge is -2.23. The Bertz CT molecular complexity index is 391. The minimum atomic E-state index is 0.632. The lowest BCUT2D eigenvalue weighted by atomic mass is 10.1. The van der Waals surface area contributed by atoms with Crippen LogP contribution in [0.15, 0.2) is 18.5 Å². The van der Waals surface area contributed by atoms with Crippen LogP contribution in [-0.2, 0) is 0 Å². The lowest BCUT2D eigenvalue weighted by Crippen LogP contribution is -2.34. The Labute approximate surface area is 110 Å². The number of nitrogens with one attached hydrogen (secondary N) is 1. The van der Waals surface area contributed by atoms with Crippen LogP contribution in [0, 0.1) is 5.92 Å². The first-order chi connectivity index (χ1) is 8.61. The van der Waals surface area contributed by atoms with E-state index in [1.165, 1.54) is 5.69 Å². The molecule has 0 spiro atoms. The van der Waals surface area contributed by atoms with Gasteiger partial charge in [-0.3, -0.25) is 4.98 Å². The highest BCUT2D eigenvalue weighted by Gasteiger charge is 2.31. The Balaban J connectivity index is 2.11. The van der Waals surface area contributed by atoms with E-state index in [9.17, 15) is 0 Å². The zero-order valence-electron chi connectivity index (χ0n) is 11.8. The molecule has 2 atom stereocenters. The van der Waals surface area contributed by atoms with E-state index in [1.54, 1.807) is 0 Å². The van der Waals surface area contributed by atoms with E-state index in [0.29, 0.717) is 12.0 Å². The summed E-state index contributed by atoms with van der Waals surface area (Å²) in [6, 6.07) is 2.83. The summed E-state index contributed by atoms with van der Waals surface area (Å²) in [6.07, 6.45) is 3.85. The van der Waals surface area contributed by atoms with Gasteiger partial charge in [-0.15, -0.1) is 0 Å². The molecule has 1 fully saturated rings. The molecule has 0 bridgehead atoms. The first-order valence-electron chi connectivity index (χ1n) is 6.72. The van der Waals surface area contributed by atoms with Crippen LogP contribution < -0.4 is 10.2 Å². The number of aromatic nitrogens is 1. The number of likely N-dealkylation sites (N-methyl/N-ethyl adjacent to an activating group) is 1. The van der Waals surface area contributed by atoms with Gasteiger partial charge in [0.1, 0.15) is 0 Å². The van der Waals surface area contributed by atoms with Crippen LogP contribution >= 0.6 is 0 Å². The lowest BCUT2D eigenvalue weighted by molar-refractivity contribution is 0.266. The van der Waals surface area contributed by atoms with Crippen molar-refractivity contribution >= 4 is 11.4 Å². The molecule has 2 rings (SSSR count). The SMILES string of the molecule is CCNc1cncc(N2CC(C)C(N(C)C)C2)c1. The number of nitrogens with zero attached hydrogens (tertiary/aromatic N) is 3. The third-order valence-electron chi connectivity index (χ3n) is 3.71. The fraction of sp³-hybridized carbons (Fsp3) is 0.643. The smallest absolute Gasteiger partial charge is 0.0574 e. The van der Waals surface area contributed by atoms with Crippen molar-refractivity contribution in [2.45, 2.75) is 19.9 Å². The Morgan fingerprint density at radius 2 is 2.17 bits per heavy atom. The zero-order chi connectivity index (χ0) is 13.1. The molecule has 0 amide bonds. The summed E-state index contributed by atoms with van der Waals surface area (Å²) in [5.74, 6) is 0.697. The van der Waals surface area contributed by atoms with Crippen molar-refractivity contribution in [1.82, 2.24) is 9.88 Å². The Morgan fingerprint density at radius 3 is 2.78 bits per heavy atom. The van der Waals surface area contributed by atoms with Gasteiger partial charge in [0, 0.05) is 25.7 Å². The van der Waals surface area contributed by atoms with Crippen LogP contribution in [0.4, 0.5) is 11.4 Å². The van der Waals surface area contributed by atoms with Crippen molar-refractivity contribution in [2.75, 3.05) is 43.9 Å². The fourth-order valence-corrected chi connectivity index (χ4v) is 2.73. The third-order valence-corrected chi connectivity index (χ3v) is 3.71. The first kappa shape index (κ1) is 13.1. The maximum atomic E-state index is 4.32. The van der Waals surface area contributed by atoms with Crippen molar-refractivity contribution in [3.63, 3.8) is 0 Å². The summed E-state index contributed by atoms with van der Waals surface area (Å²) in [5, 5.41) is 3.32. The summed E-state index contributed by atoms with van der Waals surface area (Å²) in [5.41, 5.74) is 2.33. The number of rotatable bonds is 4. The highest BCUT2D eigenvalue weighted by atomic mass is 15.2. The van der Waals surface area contributed by atoms with E-state index in [2.05, 4.69) is 54.1 Å². The zero-order valence-corrected chi connectivity index (χ0v) is 11.8. The second kappa shape index (κ2) is 5.57. The minimum absolute atomic E-state index is 0.632. The summed E-state index contributed by atoms with van der Waals surface area (Å²) in [6.45, 7) is 7.56. The van der Waals surface area contributed by atoms with Crippen molar-refractivity contribution in [2.24, 2.45) is 5.92 Å². The number of hydrogen-bond donors (Lipinski definition) is 1. The monoisotopic (exact) mass is 248 g/mol. The van der Waals surface area contributed by atoms with Gasteiger partial charge in [-0.1, -0.05) is 6.92 Å². The predicted octanol–water partition coefficient (Wildman–Crippen LogP) is 1.90. The van der Waals surface area contributed by atoms with Gasteiger partial charge < -0.3 is 15.1 Å². The quantitative estimate of drug-likeness (QED) is 0.882. The molecule has 18 heavy (non-hydrogen) atoms. The van der Waals surface area contributed by atoms with E-state index in [-0.39, 0.29) is 0 Å². The van der Waals surface area contributed by atoms with Crippen LogP contribution in [0.5, 0.6) is 0 Å². The minimum Gasteiger partial charge on any atom is -0.384 e. The molecule has 2 heterocycles. The summed E-state index contributed by atoms with van der Waals surface area (Å²) >= 11 is 0. The molecule has 1 aliphatic heterocycles. The summed E-state index contributed by atoms with van der Waals surface area (Å²) < 4.78 is 0. The molecular formula is C14H24N4. The molecule has 1 aromatic heterocycles. The Kier molecular flexibility index (Phi) is 4.07. The van der Waals surface area contributed by atoms with Crippen LogP contribution in [0.25, 0.3) is 0 Å². The van der Waals surface area contributed by atoms with Gasteiger partial charge in [0.15, 0.2) is 0 Å². The molecule has 1 aromatic rings. The summed E-state index contributed by atoms with van der Waals surface area (Å²) in [7, 11) is 4.33. The molecule has 1 saturated heterocycles. The van der Waals surface area contributed by atoms with E-state index in [0.717, 1.165) is 25.3 Å². The highest BCUT2D eigenvalue weighted by molar-refractivity contribution is 5.56. The Morgan fingerprint density at radius 1 is 1.39 bits per heavy atom. The van der Waals surface area contributed by atoms with Gasteiger partial charge in [-0.2, -0.15) is 0 Å².